The fraction of sp³-hybridized carbons (Fsp3) is 1.00. The van der Waals surface area contributed by atoms with Gasteiger partial charge in [-0.2, -0.15) is 0 Å². The highest BCUT2D eigenvalue weighted by molar-refractivity contribution is 4.86. The third-order valence-electron chi connectivity index (χ3n) is 9.27. The van der Waals surface area contributed by atoms with Crippen molar-refractivity contribution in [3.8, 4) is 0 Å². The minimum Gasteiger partial charge on any atom is -0.301 e. The van der Waals surface area contributed by atoms with Crippen LogP contribution in [0.3, 0.4) is 0 Å². The van der Waals surface area contributed by atoms with E-state index in [-0.39, 0.29) is 22.2 Å². The zero-order valence-electron chi connectivity index (χ0n) is 28.7. The number of rotatable bonds is 6. The quantitative estimate of drug-likeness (QED) is 0.421. The standard InChI is InChI=1S/C33H70N6/c1-30(2,3)36-22-18-34(19-23-37(27-26-36)31(4,5)6)16-14-13-15-17-35-20-24-38(32(7,8)9)28-29-39(25-21-35)33(10,11)12/h13-29H2,1-12H3. The lowest BCUT2D eigenvalue weighted by Crippen LogP contribution is -2.50. The molecule has 0 aromatic rings. The predicted molar refractivity (Wildman–Crippen MR) is 172 cm³/mol. The van der Waals surface area contributed by atoms with Crippen molar-refractivity contribution in [2.75, 3.05) is 91.6 Å². The monoisotopic (exact) mass is 551 g/mol. The molecule has 0 radical (unpaired) electrons. The van der Waals surface area contributed by atoms with Crippen LogP contribution in [0.2, 0.25) is 0 Å². The third kappa shape index (κ3) is 12.7. The van der Waals surface area contributed by atoms with Crippen molar-refractivity contribution in [2.24, 2.45) is 0 Å². The van der Waals surface area contributed by atoms with E-state index in [0.717, 1.165) is 0 Å². The normalized spacial score (nSPS) is 23.1. The zero-order valence-corrected chi connectivity index (χ0v) is 28.7. The van der Waals surface area contributed by atoms with Gasteiger partial charge in [-0.1, -0.05) is 6.42 Å². The fourth-order valence-electron chi connectivity index (χ4n) is 6.18. The molecule has 0 aliphatic carbocycles. The molecule has 0 bridgehead atoms. The lowest BCUT2D eigenvalue weighted by atomic mass is 10.0. The molecule has 0 saturated carbocycles. The Bertz CT molecular complexity index is 570. The molecule has 2 heterocycles. The molecule has 2 fully saturated rings. The van der Waals surface area contributed by atoms with Gasteiger partial charge in [-0.25, -0.2) is 0 Å². The molecule has 232 valence electrons. The van der Waals surface area contributed by atoms with Gasteiger partial charge in [0.15, 0.2) is 0 Å². The summed E-state index contributed by atoms with van der Waals surface area (Å²) < 4.78 is 0. The van der Waals surface area contributed by atoms with E-state index in [4.69, 9.17) is 0 Å². The highest BCUT2D eigenvalue weighted by Gasteiger charge is 2.29. The summed E-state index contributed by atoms with van der Waals surface area (Å²) in [6.45, 7) is 45.3. The number of hydrogen-bond donors (Lipinski definition) is 0. The smallest absolute Gasteiger partial charge is 0.0126 e. The lowest BCUT2D eigenvalue weighted by Gasteiger charge is -2.39. The van der Waals surface area contributed by atoms with E-state index in [9.17, 15) is 0 Å². The molecule has 0 aromatic carbocycles. The summed E-state index contributed by atoms with van der Waals surface area (Å²) in [7, 11) is 0. The Morgan fingerprint density at radius 3 is 0.718 bits per heavy atom. The van der Waals surface area contributed by atoms with Crippen molar-refractivity contribution >= 4 is 0 Å². The summed E-state index contributed by atoms with van der Waals surface area (Å²) in [6, 6.07) is 0. The largest absolute Gasteiger partial charge is 0.301 e. The van der Waals surface area contributed by atoms with E-state index in [0.29, 0.717) is 0 Å². The summed E-state index contributed by atoms with van der Waals surface area (Å²) in [5, 5.41) is 0. The van der Waals surface area contributed by atoms with Crippen LogP contribution in [0.1, 0.15) is 102 Å². The molecule has 2 aliphatic heterocycles. The first-order valence-corrected chi connectivity index (χ1v) is 16.3. The number of hydrogen-bond acceptors (Lipinski definition) is 6. The van der Waals surface area contributed by atoms with Crippen molar-refractivity contribution in [2.45, 2.75) is 125 Å². The predicted octanol–water partition coefficient (Wildman–Crippen LogP) is 5.19. The molecule has 6 heteroatoms. The van der Waals surface area contributed by atoms with E-state index < -0.39 is 0 Å². The van der Waals surface area contributed by atoms with Crippen LogP contribution in [0.5, 0.6) is 0 Å². The molecule has 0 unspecified atom stereocenters. The first-order valence-electron chi connectivity index (χ1n) is 16.3. The maximum Gasteiger partial charge on any atom is 0.0126 e. The molecule has 2 aliphatic rings. The molecule has 6 nitrogen and oxygen atoms in total. The van der Waals surface area contributed by atoms with Crippen molar-refractivity contribution in [1.82, 2.24) is 29.4 Å². The van der Waals surface area contributed by atoms with Gasteiger partial charge in [-0.15, -0.1) is 0 Å². The molecular weight excluding hydrogens is 480 g/mol. The summed E-state index contributed by atoms with van der Waals surface area (Å²) in [5.74, 6) is 0. The van der Waals surface area contributed by atoms with Gasteiger partial charge in [0.2, 0.25) is 0 Å². The number of nitrogens with zero attached hydrogens (tertiary/aromatic N) is 6. The minimum absolute atomic E-state index is 0.232. The summed E-state index contributed by atoms with van der Waals surface area (Å²) in [6.07, 6.45) is 3.98. The van der Waals surface area contributed by atoms with Crippen LogP contribution in [-0.4, -0.2) is 143 Å². The van der Waals surface area contributed by atoms with E-state index in [2.05, 4.69) is 112 Å². The maximum absolute atomic E-state index is 2.76. The van der Waals surface area contributed by atoms with Crippen LogP contribution in [0, 0.1) is 0 Å². The Morgan fingerprint density at radius 2 is 0.513 bits per heavy atom. The third-order valence-corrected chi connectivity index (χ3v) is 9.27. The van der Waals surface area contributed by atoms with Gasteiger partial charge in [0.1, 0.15) is 0 Å². The highest BCUT2D eigenvalue weighted by atomic mass is 15.3. The van der Waals surface area contributed by atoms with E-state index >= 15 is 0 Å². The summed E-state index contributed by atoms with van der Waals surface area (Å²) in [4.78, 5) is 16.3. The first kappa shape index (κ1) is 35.0. The minimum atomic E-state index is 0.232. The molecule has 0 spiro atoms. The van der Waals surface area contributed by atoms with Gasteiger partial charge in [0.25, 0.3) is 0 Å². The fourth-order valence-corrected chi connectivity index (χ4v) is 6.18. The van der Waals surface area contributed by atoms with E-state index in [1.165, 1.54) is 111 Å². The Labute approximate surface area is 245 Å². The molecule has 0 aromatic heterocycles. The highest BCUT2D eigenvalue weighted by Crippen LogP contribution is 2.20. The van der Waals surface area contributed by atoms with E-state index in [1.807, 2.05) is 0 Å². The summed E-state index contributed by atoms with van der Waals surface area (Å²) >= 11 is 0. The molecule has 2 saturated heterocycles. The van der Waals surface area contributed by atoms with Gasteiger partial charge in [-0.3, -0.25) is 19.6 Å². The van der Waals surface area contributed by atoms with Crippen molar-refractivity contribution in [3.63, 3.8) is 0 Å². The lowest BCUT2D eigenvalue weighted by molar-refractivity contribution is 0.0891. The molecular formula is C33H70N6. The molecule has 2 rings (SSSR count). The topological polar surface area (TPSA) is 19.4 Å². The van der Waals surface area contributed by atoms with Gasteiger partial charge in [0.05, 0.1) is 0 Å². The van der Waals surface area contributed by atoms with Gasteiger partial charge in [-0.05, 0) is 109 Å². The average molecular weight is 551 g/mol. The molecule has 0 N–H and O–H groups in total. The Balaban J connectivity index is 1.88. The second kappa shape index (κ2) is 14.8. The maximum atomic E-state index is 2.76. The van der Waals surface area contributed by atoms with Crippen LogP contribution in [-0.2, 0) is 0 Å². The summed E-state index contributed by atoms with van der Waals surface area (Å²) in [5.41, 5.74) is 0.927. The van der Waals surface area contributed by atoms with Crippen LogP contribution in [0.15, 0.2) is 0 Å². The molecule has 0 atom stereocenters. The van der Waals surface area contributed by atoms with Crippen molar-refractivity contribution < 1.29 is 0 Å². The second-order valence-electron chi connectivity index (χ2n) is 16.4. The zero-order chi connectivity index (χ0) is 29.5. The van der Waals surface area contributed by atoms with Crippen LogP contribution in [0.4, 0.5) is 0 Å². The average Bonchev–Trinajstić information content (AvgIpc) is 2.95. The first-order chi connectivity index (χ1) is 17.9. The Hall–Kier alpha value is -0.240. The Morgan fingerprint density at radius 1 is 0.308 bits per heavy atom. The van der Waals surface area contributed by atoms with E-state index in [1.54, 1.807) is 0 Å². The van der Waals surface area contributed by atoms with Crippen LogP contribution in [0.25, 0.3) is 0 Å². The second-order valence-corrected chi connectivity index (χ2v) is 16.4. The van der Waals surface area contributed by atoms with Gasteiger partial charge in [0, 0.05) is 101 Å². The van der Waals surface area contributed by atoms with Crippen LogP contribution < -0.4 is 0 Å². The van der Waals surface area contributed by atoms with Gasteiger partial charge >= 0.3 is 0 Å². The van der Waals surface area contributed by atoms with Crippen molar-refractivity contribution in [3.05, 3.63) is 0 Å². The Kier molecular flexibility index (Phi) is 13.2. The van der Waals surface area contributed by atoms with Crippen molar-refractivity contribution in [1.29, 1.82) is 0 Å². The molecule has 39 heavy (non-hydrogen) atoms. The number of unbranched alkanes of at least 4 members (excludes halogenated alkanes) is 2. The molecule has 0 amide bonds. The SMILES string of the molecule is CC(C)(C)N1CCN(CCCCCN2CCN(C(C)(C)C)CCN(C(C)(C)C)CC2)CCN(C(C)(C)C)CC1. The van der Waals surface area contributed by atoms with Gasteiger partial charge < -0.3 is 9.80 Å². The van der Waals surface area contributed by atoms with Crippen LogP contribution >= 0.6 is 0 Å².